The molecule has 4 rings (SSSR count). The molecule has 0 radical (unpaired) electrons. The van der Waals surface area contributed by atoms with E-state index in [1.807, 2.05) is 86.6 Å². The second-order valence-electron chi connectivity index (χ2n) is 17.0. The number of anilines is 4. The molecule has 0 heterocycles. The Morgan fingerprint density at radius 1 is 0.470 bits per heavy atom. The molecular weight excluding hydrogens is 862 g/mol. The molecule has 4 aromatic rings. The maximum absolute atomic E-state index is 13.2. The third-order valence-electron chi connectivity index (χ3n) is 10.7. The van der Waals surface area contributed by atoms with Crippen molar-refractivity contribution in [1.82, 2.24) is 15.1 Å². The molecule has 0 spiro atoms. The Hall–Kier alpha value is -6.45. The Morgan fingerprint density at radius 2 is 0.758 bits per heavy atom. The molecule has 66 heavy (non-hydrogen) atoms. The average Bonchev–Trinajstić information content (AvgIpc) is 3.29. The van der Waals surface area contributed by atoms with Gasteiger partial charge < -0.3 is 30.7 Å². The summed E-state index contributed by atoms with van der Waals surface area (Å²) in [5, 5.41) is 16.6. The molecule has 0 bridgehead atoms. The number of carbonyl (C=O) groups is 6. The van der Waals surface area contributed by atoms with Gasteiger partial charge in [0.05, 0.1) is 13.2 Å². The largest absolute Gasteiger partial charge is 0.449 e. The van der Waals surface area contributed by atoms with Crippen molar-refractivity contribution in [2.45, 2.75) is 80.1 Å². The van der Waals surface area contributed by atoms with E-state index in [4.69, 9.17) is 21.3 Å². The van der Waals surface area contributed by atoms with E-state index in [2.05, 4.69) is 31.9 Å². The number of carbonyl (C=O) groups excluding carboxylic acids is 6. The summed E-state index contributed by atoms with van der Waals surface area (Å²) in [6, 6.07) is 29.7. The molecule has 354 valence electrons. The van der Waals surface area contributed by atoms with Crippen LogP contribution < -0.4 is 31.9 Å². The predicted molar refractivity (Wildman–Crippen MR) is 259 cm³/mol. The summed E-state index contributed by atoms with van der Waals surface area (Å²) in [4.78, 5) is 76.3. The van der Waals surface area contributed by atoms with Crippen molar-refractivity contribution in [1.29, 1.82) is 0 Å². The first kappa shape index (κ1) is 52.2. The Morgan fingerprint density at radius 3 is 1.05 bits per heavy atom. The first-order valence-corrected chi connectivity index (χ1v) is 22.7. The van der Waals surface area contributed by atoms with Crippen molar-refractivity contribution in [3.05, 3.63) is 119 Å². The van der Waals surface area contributed by atoms with E-state index in [0.717, 1.165) is 47.9 Å². The number of nitrogens with zero attached hydrogens (tertiary/aromatic N) is 1. The highest BCUT2D eigenvalue weighted by Crippen LogP contribution is 2.23. The summed E-state index contributed by atoms with van der Waals surface area (Å²) in [5.74, 6) is -1.92. The van der Waals surface area contributed by atoms with Crippen LogP contribution >= 0.6 is 11.8 Å². The molecule has 15 nitrogen and oxygen atoms in total. The van der Waals surface area contributed by atoms with Crippen LogP contribution in [0.4, 0.5) is 32.3 Å². The lowest BCUT2D eigenvalue weighted by Gasteiger charge is -2.24. The van der Waals surface area contributed by atoms with Gasteiger partial charge in [-0.1, -0.05) is 75.2 Å². The molecule has 0 unspecified atom stereocenters. The first-order chi connectivity index (χ1) is 31.5. The smallest absolute Gasteiger partial charge is 0.411 e. The monoisotopic (exact) mass is 925 g/mol. The molecule has 0 aromatic heterocycles. The van der Waals surface area contributed by atoms with Crippen LogP contribution in [0.5, 0.6) is 0 Å². The number of nitrogens with one attached hydrogen (secondary N) is 6. The van der Waals surface area contributed by atoms with Crippen LogP contribution in [0.2, 0.25) is 0 Å². The number of hydrogen-bond donors (Lipinski definition) is 6. The molecule has 0 aliphatic heterocycles. The van der Waals surface area contributed by atoms with Crippen molar-refractivity contribution in [3.8, 4) is 0 Å². The molecule has 0 aliphatic rings. The van der Waals surface area contributed by atoms with Crippen LogP contribution in [0, 0.1) is 10.8 Å². The van der Waals surface area contributed by atoms with Crippen LogP contribution in [0.15, 0.2) is 97.1 Å². The van der Waals surface area contributed by atoms with Gasteiger partial charge in [0.15, 0.2) is 0 Å². The van der Waals surface area contributed by atoms with Gasteiger partial charge in [0.25, 0.3) is 0 Å². The van der Waals surface area contributed by atoms with Gasteiger partial charge in [-0.05, 0) is 136 Å². The van der Waals surface area contributed by atoms with Crippen LogP contribution in [0.3, 0.4) is 0 Å². The van der Waals surface area contributed by atoms with Gasteiger partial charge in [-0.25, -0.2) is 14.0 Å². The van der Waals surface area contributed by atoms with E-state index in [-0.39, 0.29) is 26.2 Å². The quantitative estimate of drug-likeness (QED) is 0.0226. The zero-order valence-electron chi connectivity index (χ0n) is 38.8. The van der Waals surface area contributed by atoms with Crippen LogP contribution in [-0.4, -0.2) is 79.6 Å². The first-order valence-electron chi connectivity index (χ1n) is 22.3. The number of hydrogen-bond acceptors (Lipinski definition) is 9. The molecule has 6 amide bonds. The minimum Gasteiger partial charge on any atom is -0.449 e. The fraction of sp³-hybridized carbons (Fsp3) is 0.400. The average molecular weight is 927 g/mol. The molecule has 0 atom stereocenters. The van der Waals surface area contributed by atoms with Gasteiger partial charge in [-0.15, -0.1) is 0 Å². The molecule has 0 aliphatic carbocycles. The van der Waals surface area contributed by atoms with Gasteiger partial charge in [0.1, 0.15) is 10.8 Å². The Kier molecular flexibility index (Phi) is 20.5. The summed E-state index contributed by atoms with van der Waals surface area (Å²) in [5.41, 5.74) is 3.68. The Labute approximate surface area is 393 Å². The fourth-order valence-electron chi connectivity index (χ4n) is 6.14. The third kappa shape index (κ3) is 17.2. The maximum Gasteiger partial charge on any atom is 0.411 e. The van der Waals surface area contributed by atoms with Gasteiger partial charge in [0, 0.05) is 48.9 Å². The number of halogens is 1. The molecule has 4 aromatic carbocycles. The van der Waals surface area contributed by atoms with E-state index < -0.39 is 46.6 Å². The van der Waals surface area contributed by atoms with Crippen molar-refractivity contribution >= 4 is 70.3 Å². The number of ether oxygens (including phenoxy) is 2. The summed E-state index contributed by atoms with van der Waals surface area (Å²) in [7, 11) is 0. The fourth-order valence-corrected chi connectivity index (χ4v) is 6.31. The van der Waals surface area contributed by atoms with E-state index in [1.165, 1.54) is 32.1 Å². The van der Waals surface area contributed by atoms with Crippen LogP contribution in [-0.2, 0) is 41.5 Å². The second kappa shape index (κ2) is 25.9. The van der Waals surface area contributed by atoms with Crippen molar-refractivity contribution < 1.29 is 38.2 Å². The van der Waals surface area contributed by atoms with E-state index >= 15 is 0 Å². The van der Waals surface area contributed by atoms with Crippen LogP contribution in [0.1, 0.15) is 89.5 Å². The normalized spacial score (nSPS) is 11.3. The lowest BCUT2D eigenvalue weighted by atomic mass is 9.91. The minimum absolute atomic E-state index is 0.148. The predicted octanol–water partition coefficient (Wildman–Crippen LogP) is 8.88. The number of unbranched alkanes of at least 4 members (excludes halogenated alkanes) is 2. The molecule has 0 saturated heterocycles. The van der Waals surface area contributed by atoms with E-state index in [9.17, 15) is 28.8 Å². The van der Waals surface area contributed by atoms with Gasteiger partial charge in [-0.3, -0.25) is 29.8 Å². The number of benzene rings is 4. The standard InChI is InChI=1S/C50H64ClN7O8/c1-7-9-31-65-47(63)56-41-23-15-37(16-24-41)33-35-11-19-39(20-12-35)54-45(61)49(3,4)43(59)52-27-29-58(51)30-28-53-44(60)50(5,6)46(62)55-40-21-13-36(14-22-40)34-38-17-25-42(26-18-38)57-48(64)66-32-10-8-2/h11-26H,7-10,27-34H2,1-6H3,(H,52,59)(H,53,60)(H,54,61)(H,55,62)(H,56,63)(H,57,64). The number of rotatable bonds is 24. The third-order valence-corrected chi connectivity index (χ3v) is 11.0. The highest BCUT2D eigenvalue weighted by molar-refractivity contribution is 6.13. The molecule has 0 saturated carbocycles. The second-order valence-corrected chi connectivity index (χ2v) is 17.4. The van der Waals surface area contributed by atoms with Crippen molar-refractivity contribution in [2.24, 2.45) is 10.8 Å². The minimum atomic E-state index is -1.39. The zero-order valence-corrected chi connectivity index (χ0v) is 39.6. The molecule has 16 heteroatoms. The molecule has 0 fully saturated rings. The topological polar surface area (TPSA) is 196 Å². The summed E-state index contributed by atoms with van der Waals surface area (Å²) in [6.07, 6.45) is 3.84. The molecule has 6 N–H and O–H groups in total. The SMILES string of the molecule is CCCCOC(=O)Nc1ccc(Cc2ccc(NC(=O)C(C)(C)C(=O)NCCN(Cl)CCNC(=O)C(C)(C)C(=O)Nc3ccc(Cc4ccc(NC(=O)OCCCC)cc4)cc3)cc2)cc1. The lowest BCUT2D eigenvalue weighted by molar-refractivity contribution is -0.139. The highest BCUT2D eigenvalue weighted by Gasteiger charge is 2.37. The van der Waals surface area contributed by atoms with Crippen molar-refractivity contribution in [3.63, 3.8) is 0 Å². The Bertz CT molecular complexity index is 2060. The van der Waals surface area contributed by atoms with Gasteiger partial charge in [0.2, 0.25) is 23.6 Å². The Balaban J connectivity index is 1.12. The molecular formula is C50H64ClN7O8. The number of amides is 6. The zero-order chi connectivity index (χ0) is 48.1. The van der Waals surface area contributed by atoms with Gasteiger partial charge in [-0.2, -0.15) is 0 Å². The highest BCUT2D eigenvalue weighted by atomic mass is 35.5. The van der Waals surface area contributed by atoms with E-state index in [0.29, 0.717) is 48.8 Å². The summed E-state index contributed by atoms with van der Waals surface area (Å²) in [6.45, 7) is 11.7. The van der Waals surface area contributed by atoms with Crippen molar-refractivity contribution in [2.75, 3.05) is 60.7 Å². The van der Waals surface area contributed by atoms with Crippen LogP contribution in [0.25, 0.3) is 0 Å². The summed E-state index contributed by atoms with van der Waals surface area (Å²) >= 11 is 6.37. The van der Waals surface area contributed by atoms with Gasteiger partial charge >= 0.3 is 12.2 Å². The van der Waals surface area contributed by atoms with E-state index in [1.54, 1.807) is 24.3 Å². The maximum atomic E-state index is 13.2. The summed E-state index contributed by atoms with van der Waals surface area (Å²) < 4.78 is 11.7. The lowest BCUT2D eigenvalue weighted by Crippen LogP contribution is -2.47.